The maximum Gasteiger partial charge on any atom is 0.325 e. The van der Waals surface area contributed by atoms with Gasteiger partial charge in [-0.25, -0.2) is 0 Å². The Morgan fingerprint density at radius 1 is 1.50 bits per heavy atom. The Balaban J connectivity index is 3.77. The van der Waals surface area contributed by atoms with Crippen LogP contribution in [0, 0.1) is 0 Å². The Morgan fingerprint density at radius 3 is 2.33 bits per heavy atom. The summed E-state index contributed by atoms with van der Waals surface area (Å²) >= 11 is 0. The number of nitrogens with two attached hydrogens (primary N) is 1. The van der Waals surface area contributed by atoms with E-state index in [2.05, 4.69) is 5.32 Å². The van der Waals surface area contributed by atoms with Gasteiger partial charge in [0.05, 0.1) is 0 Å². The number of hydrogen-bond donors (Lipinski definition) is 3. The zero-order valence-electron chi connectivity index (χ0n) is 7.20. The molecule has 0 aromatic rings. The smallest absolute Gasteiger partial charge is 0.325 e. The predicted octanol–water partition coefficient (Wildman–Crippen LogP) is -0.687. The van der Waals surface area contributed by atoms with Crippen LogP contribution in [0.5, 0.6) is 0 Å². The zero-order chi connectivity index (χ0) is 9.72. The summed E-state index contributed by atoms with van der Waals surface area (Å²) in [4.78, 5) is 21.2. The van der Waals surface area contributed by atoms with Crippen molar-refractivity contribution in [2.75, 3.05) is 0 Å². The van der Waals surface area contributed by atoms with Crippen LogP contribution in [0.15, 0.2) is 0 Å². The average Bonchev–Trinajstić information content (AvgIpc) is 1.84. The van der Waals surface area contributed by atoms with Crippen molar-refractivity contribution in [2.24, 2.45) is 5.73 Å². The molecule has 1 amide bonds. The quantitative estimate of drug-likeness (QED) is 0.526. The third-order valence-corrected chi connectivity index (χ3v) is 1.26. The highest BCUT2D eigenvalue weighted by atomic mass is 16.4. The molecule has 0 aromatic heterocycles. The molecule has 0 aromatic carbocycles. The predicted molar refractivity (Wildman–Crippen MR) is 43.5 cm³/mol. The first-order valence-electron chi connectivity index (χ1n) is 3.71. The lowest BCUT2D eigenvalue weighted by Gasteiger charge is -2.10. The number of nitrogens with one attached hydrogen (secondary N) is 1. The Kier molecular flexibility index (Phi) is 4.28. The van der Waals surface area contributed by atoms with Crippen molar-refractivity contribution in [1.29, 1.82) is 0 Å². The monoisotopic (exact) mass is 174 g/mol. The van der Waals surface area contributed by atoms with Gasteiger partial charge >= 0.3 is 5.97 Å². The van der Waals surface area contributed by atoms with Gasteiger partial charge in [-0.05, 0) is 13.8 Å². The van der Waals surface area contributed by atoms with Gasteiger partial charge in [0.2, 0.25) is 5.91 Å². The summed E-state index contributed by atoms with van der Waals surface area (Å²) in [6.07, 6.45) is 0.150. The van der Waals surface area contributed by atoms with Crippen LogP contribution in [0.25, 0.3) is 0 Å². The van der Waals surface area contributed by atoms with Crippen molar-refractivity contribution in [1.82, 2.24) is 5.32 Å². The average molecular weight is 174 g/mol. The maximum atomic E-state index is 10.9. The standard InChI is InChI=1S/C7H14N2O3/c1-4(8)3-6(10)9-5(2)7(11)12/h4-5H,3,8H2,1-2H3,(H,9,10)(H,11,12)/t4-,5-/m1/s1. The van der Waals surface area contributed by atoms with E-state index in [0.29, 0.717) is 0 Å². The molecule has 5 nitrogen and oxygen atoms in total. The minimum Gasteiger partial charge on any atom is -0.480 e. The lowest BCUT2D eigenvalue weighted by Crippen LogP contribution is -2.40. The number of carbonyl (C=O) groups is 2. The first-order chi connectivity index (χ1) is 5.43. The van der Waals surface area contributed by atoms with Crippen LogP contribution in [-0.4, -0.2) is 29.1 Å². The number of carboxylic acid groups (broad SMARTS) is 1. The zero-order valence-corrected chi connectivity index (χ0v) is 7.20. The number of hydrogen-bond acceptors (Lipinski definition) is 3. The van der Waals surface area contributed by atoms with Crippen LogP contribution >= 0.6 is 0 Å². The third kappa shape index (κ3) is 4.68. The van der Waals surface area contributed by atoms with Gasteiger partial charge in [0.25, 0.3) is 0 Å². The molecule has 0 bridgehead atoms. The molecule has 0 rings (SSSR count). The van der Waals surface area contributed by atoms with Crippen LogP contribution in [0.3, 0.4) is 0 Å². The Labute approximate surface area is 70.9 Å². The van der Waals surface area contributed by atoms with E-state index in [1.807, 2.05) is 0 Å². The summed E-state index contributed by atoms with van der Waals surface area (Å²) in [6.45, 7) is 3.09. The summed E-state index contributed by atoms with van der Waals surface area (Å²) in [5.74, 6) is -1.38. The molecule has 0 saturated heterocycles. The van der Waals surface area contributed by atoms with Crippen LogP contribution < -0.4 is 11.1 Å². The molecule has 0 aliphatic heterocycles. The fourth-order valence-corrected chi connectivity index (χ4v) is 0.655. The van der Waals surface area contributed by atoms with E-state index in [9.17, 15) is 9.59 Å². The molecule has 4 N–H and O–H groups in total. The number of rotatable bonds is 4. The molecule has 0 unspecified atom stereocenters. The van der Waals surface area contributed by atoms with E-state index in [1.54, 1.807) is 6.92 Å². The normalized spacial score (nSPS) is 14.9. The molecule has 0 radical (unpaired) electrons. The van der Waals surface area contributed by atoms with Gasteiger partial charge in [-0.2, -0.15) is 0 Å². The Morgan fingerprint density at radius 2 is 2.00 bits per heavy atom. The third-order valence-electron chi connectivity index (χ3n) is 1.26. The molecule has 0 heterocycles. The van der Waals surface area contributed by atoms with E-state index >= 15 is 0 Å². The fraction of sp³-hybridized carbons (Fsp3) is 0.714. The summed E-state index contributed by atoms with van der Waals surface area (Å²) < 4.78 is 0. The molecule has 0 fully saturated rings. The lowest BCUT2D eigenvalue weighted by atomic mass is 10.2. The number of aliphatic carboxylic acids is 1. The van der Waals surface area contributed by atoms with Crippen LogP contribution in [-0.2, 0) is 9.59 Å². The second kappa shape index (κ2) is 4.71. The van der Waals surface area contributed by atoms with Crippen molar-refractivity contribution in [3.05, 3.63) is 0 Å². The van der Waals surface area contributed by atoms with Gasteiger partial charge < -0.3 is 16.2 Å². The van der Waals surface area contributed by atoms with Crippen molar-refractivity contribution < 1.29 is 14.7 Å². The van der Waals surface area contributed by atoms with Crippen LogP contribution in [0.1, 0.15) is 20.3 Å². The molecule has 12 heavy (non-hydrogen) atoms. The second-order valence-electron chi connectivity index (χ2n) is 2.81. The largest absolute Gasteiger partial charge is 0.480 e. The van der Waals surface area contributed by atoms with Crippen molar-refractivity contribution in [3.8, 4) is 0 Å². The number of carbonyl (C=O) groups excluding carboxylic acids is 1. The fourth-order valence-electron chi connectivity index (χ4n) is 0.655. The van der Waals surface area contributed by atoms with Crippen LogP contribution in [0.4, 0.5) is 0 Å². The number of carboxylic acids is 1. The molecule has 5 heteroatoms. The molecule has 70 valence electrons. The van der Waals surface area contributed by atoms with E-state index in [1.165, 1.54) is 6.92 Å². The first kappa shape index (κ1) is 10.9. The Bertz CT molecular complexity index is 179. The highest BCUT2D eigenvalue weighted by Gasteiger charge is 2.14. The van der Waals surface area contributed by atoms with Crippen LogP contribution in [0.2, 0.25) is 0 Å². The first-order valence-corrected chi connectivity index (χ1v) is 3.71. The summed E-state index contributed by atoms with van der Waals surface area (Å²) in [5, 5.41) is 10.7. The van der Waals surface area contributed by atoms with E-state index < -0.39 is 12.0 Å². The van der Waals surface area contributed by atoms with Gasteiger partial charge in [-0.1, -0.05) is 0 Å². The summed E-state index contributed by atoms with van der Waals surface area (Å²) in [5.41, 5.74) is 5.34. The van der Waals surface area contributed by atoms with Crippen molar-refractivity contribution in [2.45, 2.75) is 32.4 Å². The second-order valence-corrected chi connectivity index (χ2v) is 2.81. The maximum absolute atomic E-state index is 10.9. The number of amides is 1. The lowest BCUT2D eigenvalue weighted by molar-refractivity contribution is -0.141. The van der Waals surface area contributed by atoms with Gasteiger partial charge in [0.1, 0.15) is 6.04 Å². The van der Waals surface area contributed by atoms with E-state index in [4.69, 9.17) is 10.8 Å². The minimum absolute atomic E-state index is 0.150. The van der Waals surface area contributed by atoms with Gasteiger partial charge in [0.15, 0.2) is 0 Å². The summed E-state index contributed by atoms with van der Waals surface area (Å²) in [7, 11) is 0. The molecule has 0 aliphatic carbocycles. The van der Waals surface area contributed by atoms with Crippen molar-refractivity contribution in [3.63, 3.8) is 0 Å². The van der Waals surface area contributed by atoms with E-state index in [-0.39, 0.29) is 18.4 Å². The van der Waals surface area contributed by atoms with Crippen molar-refractivity contribution >= 4 is 11.9 Å². The SMILES string of the molecule is C[C@@H](N)CC(=O)N[C@H](C)C(=O)O. The molecule has 0 spiro atoms. The van der Waals surface area contributed by atoms with Gasteiger partial charge in [0, 0.05) is 12.5 Å². The highest BCUT2D eigenvalue weighted by molar-refractivity contribution is 5.83. The Hall–Kier alpha value is -1.10. The molecule has 0 saturated carbocycles. The molecule has 0 aliphatic rings. The van der Waals surface area contributed by atoms with E-state index in [0.717, 1.165) is 0 Å². The molecular weight excluding hydrogens is 160 g/mol. The van der Waals surface area contributed by atoms with Gasteiger partial charge in [-0.15, -0.1) is 0 Å². The molecular formula is C7H14N2O3. The summed E-state index contributed by atoms with van der Waals surface area (Å²) in [6, 6.07) is -1.10. The van der Waals surface area contributed by atoms with Gasteiger partial charge in [-0.3, -0.25) is 9.59 Å². The topological polar surface area (TPSA) is 92.4 Å². The minimum atomic E-state index is -1.05. The molecule has 2 atom stereocenters. The highest BCUT2D eigenvalue weighted by Crippen LogP contribution is 1.88.